The van der Waals surface area contributed by atoms with Gasteiger partial charge in [-0.05, 0) is 31.2 Å². The van der Waals surface area contributed by atoms with Crippen molar-refractivity contribution in [2.24, 2.45) is 5.73 Å². The van der Waals surface area contributed by atoms with E-state index in [1.807, 2.05) is 6.92 Å². The molecule has 1 aromatic heterocycles. The van der Waals surface area contributed by atoms with Gasteiger partial charge in [0.1, 0.15) is 10.7 Å². The summed E-state index contributed by atoms with van der Waals surface area (Å²) in [6.45, 7) is 1.83. The number of benzene rings is 1. The van der Waals surface area contributed by atoms with Crippen molar-refractivity contribution in [3.05, 3.63) is 45.7 Å². The summed E-state index contributed by atoms with van der Waals surface area (Å²) in [6.07, 6.45) is 0. The molecule has 3 N–H and O–H groups in total. The summed E-state index contributed by atoms with van der Waals surface area (Å²) in [4.78, 5) is 8.68. The third-order valence-electron chi connectivity index (χ3n) is 2.28. The zero-order valence-corrected chi connectivity index (χ0v) is 12.3. The van der Waals surface area contributed by atoms with Crippen molar-refractivity contribution < 1.29 is 0 Å². The van der Waals surface area contributed by atoms with Crippen LogP contribution in [0.2, 0.25) is 10.0 Å². The van der Waals surface area contributed by atoms with Gasteiger partial charge < -0.3 is 11.1 Å². The fraction of sp³-hybridized carbons (Fsp3) is 0.0833. The highest BCUT2D eigenvalue weighted by atomic mass is 35.5. The van der Waals surface area contributed by atoms with Gasteiger partial charge in [-0.15, -0.1) is 0 Å². The number of hydrogen-bond donors (Lipinski definition) is 2. The number of rotatable bonds is 3. The van der Waals surface area contributed by atoms with Crippen molar-refractivity contribution in [1.82, 2.24) is 9.97 Å². The zero-order valence-electron chi connectivity index (χ0n) is 9.95. The molecule has 0 saturated carbocycles. The molecule has 0 aliphatic heterocycles. The Labute approximate surface area is 126 Å². The van der Waals surface area contributed by atoms with Gasteiger partial charge in [-0.3, -0.25) is 0 Å². The Balaban J connectivity index is 2.35. The third kappa shape index (κ3) is 3.53. The summed E-state index contributed by atoms with van der Waals surface area (Å²) < 4.78 is 0. The second-order valence-corrected chi connectivity index (χ2v) is 5.12. The van der Waals surface area contributed by atoms with E-state index in [1.165, 1.54) is 0 Å². The number of anilines is 2. The highest BCUT2D eigenvalue weighted by Crippen LogP contribution is 2.27. The minimum absolute atomic E-state index is 0.218. The molecule has 0 unspecified atom stereocenters. The first kappa shape index (κ1) is 14.0. The fourth-order valence-corrected chi connectivity index (χ4v) is 2.02. The number of nitrogens with two attached hydrogens (primary N) is 1. The molecule has 4 nitrogen and oxygen atoms in total. The molecule has 0 saturated heterocycles. The van der Waals surface area contributed by atoms with Crippen LogP contribution in [0.15, 0.2) is 24.3 Å². The van der Waals surface area contributed by atoms with Gasteiger partial charge in [-0.25, -0.2) is 9.97 Å². The van der Waals surface area contributed by atoms with Crippen LogP contribution in [-0.4, -0.2) is 15.0 Å². The number of aromatic nitrogens is 2. The van der Waals surface area contributed by atoms with E-state index < -0.39 is 0 Å². The molecule has 98 valence electrons. The van der Waals surface area contributed by atoms with Crippen molar-refractivity contribution in [3.63, 3.8) is 0 Å². The molecule has 1 aromatic carbocycles. The summed E-state index contributed by atoms with van der Waals surface area (Å²) in [5.41, 5.74) is 7.49. The summed E-state index contributed by atoms with van der Waals surface area (Å²) in [6, 6.07) is 6.82. The number of aryl methyl sites for hydroxylation is 1. The second-order valence-electron chi connectivity index (χ2n) is 3.83. The molecule has 0 spiro atoms. The largest absolute Gasteiger partial charge is 0.388 e. The quantitative estimate of drug-likeness (QED) is 0.850. The molecule has 0 bridgehead atoms. The topological polar surface area (TPSA) is 63.8 Å². The van der Waals surface area contributed by atoms with E-state index >= 15 is 0 Å². The van der Waals surface area contributed by atoms with Crippen LogP contribution in [0.5, 0.6) is 0 Å². The number of nitrogens with one attached hydrogen (secondary N) is 1. The molecule has 2 rings (SSSR count). The number of thiocarbonyl (C=S) groups is 1. The van der Waals surface area contributed by atoms with Gasteiger partial charge in [-0.1, -0.05) is 35.4 Å². The van der Waals surface area contributed by atoms with Gasteiger partial charge in [0.05, 0.1) is 10.7 Å². The highest BCUT2D eigenvalue weighted by molar-refractivity contribution is 7.80. The molecular formula is C12H10Cl2N4S. The van der Waals surface area contributed by atoms with E-state index in [9.17, 15) is 0 Å². The lowest BCUT2D eigenvalue weighted by Gasteiger charge is -2.09. The lowest BCUT2D eigenvalue weighted by atomic mass is 10.3. The van der Waals surface area contributed by atoms with Crippen molar-refractivity contribution in [2.75, 3.05) is 5.32 Å². The zero-order chi connectivity index (χ0) is 14.0. The first-order valence-corrected chi connectivity index (χ1v) is 6.49. The highest BCUT2D eigenvalue weighted by Gasteiger charge is 2.07. The minimum atomic E-state index is 0.218. The standard InChI is InChI=1S/C12H10Cl2N4S/c1-6-4-10(11(15)19)18-12(16-6)17-9-3-2-7(13)5-8(9)14/h2-5H,1H3,(H2,15,19)(H,16,17,18). The molecule has 0 atom stereocenters. The Morgan fingerprint density at radius 3 is 2.63 bits per heavy atom. The minimum Gasteiger partial charge on any atom is -0.388 e. The van der Waals surface area contributed by atoms with E-state index in [-0.39, 0.29) is 4.99 Å². The lowest BCUT2D eigenvalue weighted by Crippen LogP contribution is -2.13. The monoisotopic (exact) mass is 312 g/mol. The predicted octanol–water partition coefficient (Wildman–Crippen LogP) is 3.47. The van der Waals surface area contributed by atoms with Crippen LogP contribution in [0.3, 0.4) is 0 Å². The molecule has 0 aliphatic rings. The van der Waals surface area contributed by atoms with Gasteiger partial charge in [0.25, 0.3) is 0 Å². The van der Waals surface area contributed by atoms with Gasteiger partial charge >= 0.3 is 0 Å². The van der Waals surface area contributed by atoms with Crippen molar-refractivity contribution >= 4 is 52.0 Å². The first-order chi connectivity index (χ1) is 8.95. The summed E-state index contributed by atoms with van der Waals surface area (Å²) >= 11 is 16.8. The van der Waals surface area contributed by atoms with Crippen LogP contribution in [-0.2, 0) is 0 Å². The number of halogens is 2. The summed E-state index contributed by atoms with van der Waals surface area (Å²) in [5, 5.41) is 4.05. The van der Waals surface area contributed by atoms with Crippen LogP contribution in [0.25, 0.3) is 0 Å². The normalized spacial score (nSPS) is 10.3. The van der Waals surface area contributed by atoms with Crippen LogP contribution in [0.1, 0.15) is 11.4 Å². The predicted molar refractivity (Wildman–Crippen MR) is 82.4 cm³/mol. The van der Waals surface area contributed by atoms with E-state index in [0.717, 1.165) is 5.69 Å². The van der Waals surface area contributed by atoms with Crippen molar-refractivity contribution in [1.29, 1.82) is 0 Å². The second kappa shape index (κ2) is 5.69. The molecule has 0 fully saturated rings. The molecule has 19 heavy (non-hydrogen) atoms. The summed E-state index contributed by atoms with van der Waals surface area (Å²) in [5.74, 6) is 0.382. The molecule has 1 heterocycles. The third-order valence-corrected chi connectivity index (χ3v) is 3.04. The lowest BCUT2D eigenvalue weighted by molar-refractivity contribution is 1.09. The molecule has 0 radical (unpaired) electrons. The van der Waals surface area contributed by atoms with Crippen molar-refractivity contribution in [3.8, 4) is 0 Å². The molecule has 2 aromatic rings. The van der Waals surface area contributed by atoms with Gasteiger partial charge in [0, 0.05) is 10.7 Å². The van der Waals surface area contributed by atoms with Crippen LogP contribution >= 0.6 is 35.4 Å². The van der Waals surface area contributed by atoms with Gasteiger partial charge in [0.15, 0.2) is 0 Å². The molecule has 0 amide bonds. The maximum atomic E-state index is 6.07. The van der Waals surface area contributed by atoms with E-state index in [1.54, 1.807) is 24.3 Å². The maximum absolute atomic E-state index is 6.07. The molecule has 7 heteroatoms. The Hall–Kier alpha value is -1.43. The Morgan fingerprint density at radius 1 is 1.26 bits per heavy atom. The average Bonchev–Trinajstić information content (AvgIpc) is 2.32. The Bertz CT molecular complexity index is 646. The molecule has 0 aliphatic carbocycles. The van der Waals surface area contributed by atoms with Crippen LogP contribution in [0.4, 0.5) is 11.6 Å². The first-order valence-electron chi connectivity index (χ1n) is 5.33. The fourth-order valence-electron chi connectivity index (χ4n) is 1.46. The molecular weight excluding hydrogens is 303 g/mol. The average molecular weight is 313 g/mol. The Kier molecular flexibility index (Phi) is 4.19. The Morgan fingerprint density at radius 2 is 2.00 bits per heavy atom. The smallest absolute Gasteiger partial charge is 0.228 e. The van der Waals surface area contributed by atoms with Gasteiger partial charge in [-0.2, -0.15) is 0 Å². The van der Waals surface area contributed by atoms with Crippen molar-refractivity contribution in [2.45, 2.75) is 6.92 Å². The van der Waals surface area contributed by atoms with E-state index in [0.29, 0.717) is 27.4 Å². The van der Waals surface area contributed by atoms with E-state index in [4.69, 9.17) is 41.2 Å². The van der Waals surface area contributed by atoms with E-state index in [2.05, 4.69) is 15.3 Å². The summed E-state index contributed by atoms with van der Waals surface area (Å²) in [7, 11) is 0. The SMILES string of the molecule is Cc1cc(C(N)=S)nc(Nc2ccc(Cl)cc2Cl)n1. The van der Waals surface area contributed by atoms with Crippen LogP contribution in [0, 0.1) is 6.92 Å². The maximum Gasteiger partial charge on any atom is 0.228 e. The number of nitrogens with zero attached hydrogens (tertiary/aromatic N) is 2. The number of hydrogen-bond acceptors (Lipinski definition) is 4. The van der Waals surface area contributed by atoms with Gasteiger partial charge in [0.2, 0.25) is 5.95 Å². The van der Waals surface area contributed by atoms with Crippen LogP contribution < -0.4 is 11.1 Å².